The standard InChI is InChI=1S/C25H14ClN3O2S/c1-14-6-7-15-9-17(23(26)28-20(15)8-14)10-18(12-27)24-29-21(13-32-24)19-11-16-4-2-3-5-22(16)31-25(19)30/h2-11,13H,1H3/b18-10+. The molecule has 32 heavy (non-hydrogen) atoms. The Bertz CT molecular complexity index is 1640. The first-order valence-electron chi connectivity index (χ1n) is 9.70. The van der Waals surface area contributed by atoms with E-state index in [-0.39, 0.29) is 0 Å². The van der Waals surface area contributed by atoms with Gasteiger partial charge in [-0.2, -0.15) is 5.26 Å². The van der Waals surface area contributed by atoms with Crippen molar-refractivity contribution in [1.29, 1.82) is 5.26 Å². The molecule has 0 aliphatic carbocycles. The summed E-state index contributed by atoms with van der Waals surface area (Å²) in [5, 5.41) is 14.0. The number of fused-ring (bicyclic) bond motifs is 2. The van der Waals surface area contributed by atoms with Crippen LogP contribution in [0.3, 0.4) is 0 Å². The number of aromatic nitrogens is 2. The van der Waals surface area contributed by atoms with Gasteiger partial charge in [-0.1, -0.05) is 41.9 Å². The number of benzene rings is 2. The smallest absolute Gasteiger partial charge is 0.345 e. The molecule has 5 rings (SSSR count). The molecule has 0 aliphatic rings. The van der Waals surface area contributed by atoms with E-state index in [1.807, 2.05) is 49.4 Å². The van der Waals surface area contributed by atoms with Crippen molar-refractivity contribution in [3.05, 3.63) is 91.7 Å². The van der Waals surface area contributed by atoms with Crippen molar-refractivity contribution in [3.8, 4) is 17.3 Å². The number of halogens is 1. The molecule has 0 atom stereocenters. The van der Waals surface area contributed by atoms with E-state index in [9.17, 15) is 10.1 Å². The Morgan fingerprint density at radius 2 is 1.97 bits per heavy atom. The van der Waals surface area contributed by atoms with Crippen LogP contribution >= 0.6 is 22.9 Å². The minimum atomic E-state index is -0.472. The van der Waals surface area contributed by atoms with Crippen LogP contribution < -0.4 is 5.63 Å². The Hall–Kier alpha value is -3.79. The number of allylic oxidation sites excluding steroid dienone is 1. The van der Waals surface area contributed by atoms with Crippen LogP contribution in [0.15, 0.2) is 69.2 Å². The average Bonchev–Trinajstić information content (AvgIpc) is 3.27. The minimum Gasteiger partial charge on any atom is -0.422 e. The molecule has 0 aliphatic heterocycles. The Morgan fingerprint density at radius 1 is 1.12 bits per heavy atom. The second-order valence-electron chi connectivity index (χ2n) is 7.26. The van der Waals surface area contributed by atoms with Crippen molar-refractivity contribution in [3.63, 3.8) is 0 Å². The SMILES string of the molecule is Cc1ccc2cc(/C=C(\C#N)c3nc(-c4cc5ccccc5oc4=O)cs3)c(Cl)nc2c1. The second-order valence-corrected chi connectivity index (χ2v) is 8.47. The van der Waals surface area contributed by atoms with E-state index in [1.54, 1.807) is 23.6 Å². The molecule has 0 saturated heterocycles. The molecule has 3 heterocycles. The van der Waals surface area contributed by atoms with E-state index < -0.39 is 5.63 Å². The number of hydrogen-bond donors (Lipinski definition) is 0. The maximum Gasteiger partial charge on any atom is 0.345 e. The van der Waals surface area contributed by atoms with Crippen LogP contribution in [0.5, 0.6) is 0 Å². The van der Waals surface area contributed by atoms with Crippen LogP contribution in [0.25, 0.3) is 44.8 Å². The van der Waals surface area contributed by atoms with Crippen molar-refractivity contribution >= 4 is 56.5 Å². The summed E-state index contributed by atoms with van der Waals surface area (Å²) in [6.07, 6.45) is 1.67. The largest absolute Gasteiger partial charge is 0.422 e. The second kappa shape index (κ2) is 8.04. The molecule has 0 fully saturated rings. The van der Waals surface area contributed by atoms with Gasteiger partial charge in [0.2, 0.25) is 0 Å². The molecular weight excluding hydrogens is 442 g/mol. The van der Waals surface area contributed by atoms with E-state index in [0.717, 1.165) is 21.9 Å². The average molecular weight is 456 g/mol. The fraction of sp³-hybridized carbons (Fsp3) is 0.0400. The fourth-order valence-corrected chi connectivity index (χ4v) is 4.42. The highest BCUT2D eigenvalue weighted by molar-refractivity contribution is 7.11. The lowest BCUT2D eigenvalue weighted by Gasteiger charge is -2.04. The summed E-state index contributed by atoms with van der Waals surface area (Å²) in [5.41, 5.74) is 3.71. The normalized spacial score (nSPS) is 11.7. The maximum absolute atomic E-state index is 12.5. The molecule has 0 spiro atoms. The van der Waals surface area contributed by atoms with Crippen molar-refractivity contribution < 1.29 is 4.42 Å². The first-order chi connectivity index (χ1) is 15.5. The summed E-state index contributed by atoms with van der Waals surface area (Å²) in [6, 6.07) is 19.1. The molecule has 0 amide bonds. The van der Waals surface area contributed by atoms with Gasteiger partial charge in [0.15, 0.2) is 0 Å². The van der Waals surface area contributed by atoms with Crippen LogP contribution in [0.4, 0.5) is 0 Å². The molecule has 5 nitrogen and oxygen atoms in total. The Kier molecular flexibility index (Phi) is 5.06. The van der Waals surface area contributed by atoms with Gasteiger partial charge in [0, 0.05) is 21.7 Å². The summed E-state index contributed by atoms with van der Waals surface area (Å²) in [6.45, 7) is 1.99. The number of nitriles is 1. The third-order valence-corrected chi connectivity index (χ3v) is 6.20. The van der Waals surface area contributed by atoms with Gasteiger partial charge in [0.25, 0.3) is 0 Å². The van der Waals surface area contributed by atoms with E-state index >= 15 is 0 Å². The zero-order valence-electron chi connectivity index (χ0n) is 16.8. The number of thiazole rings is 1. The van der Waals surface area contributed by atoms with Crippen LogP contribution in [-0.2, 0) is 0 Å². The first-order valence-corrected chi connectivity index (χ1v) is 11.0. The molecule has 0 unspecified atom stereocenters. The minimum absolute atomic E-state index is 0.308. The van der Waals surface area contributed by atoms with Crippen LogP contribution in [-0.4, -0.2) is 9.97 Å². The highest BCUT2D eigenvalue weighted by atomic mass is 35.5. The van der Waals surface area contributed by atoms with Crippen LogP contribution in [0.1, 0.15) is 16.1 Å². The molecular formula is C25H14ClN3O2S. The third-order valence-electron chi connectivity index (χ3n) is 5.03. The lowest BCUT2D eigenvalue weighted by atomic mass is 10.1. The Balaban J connectivity index is 1.56. The Labute approximate surface area is 191 Å². The quantitative estimate of drug-likeness (QED) is 0.176. The molecule has 0 saturated carbocycles. The number of nitrogens with zero attached hydrogens (tertiary/aromatic N) is 3. The molecule has 2 aromatic carbocycles. The molecule has 3 aromatic heterocycles. The van der Waals surface area contributed by atoms with Gasteiger partial charge in [-0.15, -0.1) is 11.3 Å². The summed E-state index contributed by atoms with van der Waals surface area (Å²) in [7, 11) is 0. The molecule has 0 bridgehead atoms. The van der Waals surface area contributed by atoms with Gasteiger partial charge in [-0.3, -0.25) is 0 Å². The van der Waals surface area contributed by atoms with Gasteiger partial charge in [0.05, 0.1) is 22.3 Å². The number of para-hydroxylation sites is 1. The first kappa shape index (κ1) is 20.1. The number of pyridine rings is 1. The zero-order valence-corrected chi connectivity index (χ0v) is 18.4. The van der Waals surface area contributed by atoms with E-state index in [2.05, 4.69) is 16.0 Å². The summed E-state index contributed by atoms with van der Waals surface area (Å²) < 4.78 is 5.41. The van der Waals surface area contributed by atoms with Gasteiger partial charge < -0.3 is 4.42 Å². The summed E-state index contributed by atoms with van der Waals surface area (Å²) in [4.78, 5) is 21.4. The number of aryl methyl sites for hydroxylation is 1. The zero-order chi connectivity index (χ0) is 22.2. The molecule has 154 valence electrons. The lowest BCUT2D eigenvalue weighted by molar-refractivity contribution is 0.563. The molecule has 0 N–H and O–H groups in total. The fourth-order valence-electron chi connectivity index (χ4n) is 3.43. The number of rotatable bonds is 3. The predicted molar refractivity (Wildman–Crippen MR) is 129 cm³/mol. The highest BCUT2D eigenvalue weighted by Crippen LogP contribution is 2.29. The Morgan fingerprint density at radius 3 is 2.81 bits per heavy atom. The highest BCUT2D eigenvalue weighted by Gasteiger charge is 2.14. The van der Waals surface area contributed by atoms with Gasteiger partial charge in [0.1, 0.15) is 21.8 Å². The topological polar surface area (TPSA) is 79.8 Å². The van der Waals surface area contributed by atoms with Crippen LogP contribution in [0.2, 0.25) is 5.15 Å². The van der Waals surface area contributed by atoms with E-state index in [0.29, 0.717) is 38.1 Å². The maximum atomic E-state index is 12.5. The van der Waals surface area contributed by atoms with E-state index in [4.69, 9.17) is 16.0 Å². The van der Waals surface area contributed by atoms with Crippen molar-refractivity contribution in [2.45, 2.75) is 6.92 Å². The van der Waals surface area contributed by atoms with Gasteiger partial charge in [-0.05, 0) is 42.8 Å². The van der Waals surface area contributed by atoms with Crippen molar-refractivity contribution in [2.75, 3.05) is 0 Å². The van der Waals surface area contributed by atoms with E-state index in [1.165, 1.54) is 11.3 Å². The monoisotopic (exact) mass is 455 g/mol. The number of hydrogen-bond acceptors (Lipinski definition) is 6. The third kappa shape index (κ3) is 3.69. The van der Waals surface area contributed by atoms with Gasteiger partial charge >= 0.3 is 5.63 Å². The summed E-state index contributed by atoms with van der Waals surface area (Å²) >= 11 is 7.66. The molecule has 5 aromatic rings. The predicted octanol–water partition coefficient (Wildman–Crippen LogP) is 6.49. The lowest BCUT2D eigenvalue weighted by Crippen LogP contribution is -2.02. The molecule has 0 radical (unpaired) electrons. The van der Waals surface area contributed by atoms with Crippen molar-refractivity contribution in [1.82, 2.24) is 9.97 Å². The molecule has 7 heteroatoms. The van der Waals surface area contributed by atoms with Crippen molar-refractivity contribution in [2.24, 2.45) is 0 Å². The van der Waals surface area contributed by atoms with Gasteiger partial charge in [-0.25, -0.2) is 14.8 Å². The summed E-state index contributed by atoms with van der Waals surface area (Å²) in [5.74, 6) is 0. The van der Waals surface area contributed by atoms with Crippen LogP contribution in [0, 0.1) is 18.3 Å².